The molecule has 0 spiro atoms. The first-order chi connectivity index (χ1) is 9.41. The topological polar surface area (TPSA) is 26.0 Å². The van der Waals surface area contributed by atoms with Crippen molar-refractivity contribution >= 4 is 11.6 Å². The average molecular weight is 298 g/mol. The van der Waals surface area contributed by atoms with E-state index in [9.17, 15) is 4.39 Å². The molecule has 2 rings (SSSR count). The summed E-state index contributed by atoms with van der Waals surface area (Å²) >= 11 is 6.06. The number of nitrogens with two attached hydrogens (primary N) is 1. The number of rotatable bonds is 3. The zero-order valence-electron chi connectivity index (χ0n) is 12.5. The Bertz CT molecular complexity index is 460. The van der Waals surface area contributed by atoms with Gasteiger partial charge in [0, 0.05) is 5.54 Å². The monoisotopic (exact) mass is 297 g/mol. The first-order valence-electron chi connectivity index (χ1n) is 7.63. The van der Waals surface area contributed by atoms with Gasteiger partial charge in [0.1, 0.15) is 5.82 Å². The van der Waals surface area contributed by atoms with Crippen molar-refractivity contribution in [1.29, 1.82) is 0 Å². The highest BCUT2D eigenvalue weighted by Crippen LogP contribution is 2.35. The molecule has 0 aromatic heterocycles. The number of hydrogen-bond acceptors (Lipinski definition) is 1. The standard InChI is InChI=1S/C17H25ClFN/c1-12(2)13-6-4-9-17(20,10-8-13)11-14-5-3-7-15(19)16(14)18/h3,5,7,12-13H,4,6,8-11,20H2,1-2H3. The smallest absolute Gasteiger partial charge is 0.142 e. The maximum atomic E-state index is 13.5. The second-order valence-corrected chi connectivity index (χ2v) is 7.07. The highest BCUT2D eigenvalue weighted by molar-refractivity contribution is 6.31. The van der Waals surface area contributed by atoms with Crippen LogP contribution >= 0.6 is 11.6 Å². The largest absolute Gasteiger partial charge is 0.325 e. The van der Waals surface area contributed by atoms with Crippen molar-refractivity contribution in [2.24, 2.45) is 17.6 Å². The molecular weight excluding hydrogens is 273 g/mol. The van der Waals surface area contributed by atoms with Crippen molar-refractivity contribution in [3.63, 3.8) is 0 Å². The van der Waals surface area contributed by atoms with Gasteiger partial charge in [-0.1, -0.05) is 50.4 Å². The van der Waals surface area contributed by atoms with Crippen molar-refractivity contribution in [3.8, 4) is 0 Å². The summed E-state index contributed by atoms with van der Waals surface area (Å²) < 4.78 is 13.5. The Morgan fingerprint density at radius 1 is 1.35 bits per heavy atom. The number of halogens is 2. The van der Waals surface area contributed by atoms with Crippen LogP contribution in [0.5, 0.6) is 0 Å². The van der Waals surface area contributed by atoms with Gasteiger partial charge in [0.15, 0.2) is 0 Å². The molecule has 1 aliphatic rings. The van der Waals surface area contributed by atoms with E-state index in [1.54, 1.807) is 6.07 Å². The molecule has 0 saturated heterocycles. The quantitative estimate of drug-likeness (QED) is 0.784. The summed E-state index contributed by atoms with van der Waals surface area (Å²) in [6.45, 7) is 4.58. The van der Waals surface area contributed by atoms with Crippen LogP contribution in [-0.2, 0) is 6.42 Å². The maximum Gasteiger partial charge on any atom is 0.142 e. The van der Waals surface area contributed by atoms with E-state index in [0.717, 1.165) is 36.7 Å². The molecule has 20 heavy (non-hydrogen) atoms. The van der Waals surface area contributed by atoms with Crippen molar-refractivity contribution in [2.75, 3.05) is 0 Å². The molecule has 1 fully saturated rings. The molecule has 112 valence electrons. The molecule has 1 aliphatic carbocycles. The van der Waals surface area contributed by atoms with Crippen molar-refractivity contribution in [2.45, 2.75) is 57.9 Å². The Kier molecular flexibility index (Phi) is 5.09. The average Bonchev–Trinajstić information content (AvgIpc) is 2.57. The van der Waals surface area contributed by atoms with Crippen molar-refractivity contribution < 1.29 is 4.39 Å². The minimum atomic E-state index is -0.346. The van der Waals surface area contributed by atoms with Crippen LogP contribution in [0.3, 0.4) is 0 Å². The van der Waals surface area contributed by atoms with Gasteiger partial charge in [-0.3, -0.25) is 0 Å². The fourth-order valence-corrected chi connectivity index (χ4v) is 3.56. The molecule has 1 nitrogen and oxygen atoms in total. The Morgan fingerprint density at radius 3 is 2.80 bits per heavy atom. The summed E-state index contributed by atoms with van der Waals surface area (Å²) in [5, 5.41) is 0.238. The van der Waals surface area contributed by atoms with Crippen LogP contribution in [0.4, 0.5) is 4.39 Å². The molecule has 2 unspecified atom stereocenters. The lowest BCUT2D eigenvalue weighted by Gasteiger charge is -2.29. The predicted octanol–water partition coefficient (Wildman–Crippen LogP) is 4.96. The minimum absolute atomic E-state index is 0.235. The predicted molar refractivity (Wildman–Crippen MR) is 83.4 cm³/mol. The molecular formula is C17H25ClFN. The van der Waals surface area contributed by atoms with Gasteiger partial charge in [-0.15, -0.1) is 0 Å². The fraction of sp³-hybridized carbons (Fsp3) is 0.647. The normalized spacial score (nSPS) is 27.6. The molecule has 0 amide bonds. The highest BCUT2D eigenvalue weighted by atomic mass is 35.5. The molecule has 1 aromatic carbocycles. The maximum absolute atomic E-state index is 13.5. The van der Waals surface area contributed by atoms with E-state index in [4.69, 9.17) is 17.3 Å². The summed E-state index contributed by atoms with van der Waals surface area (Å²) in [6, 6.07) is 5.01. The van der Waals surface area contributed by atoms with E-state index in [1.165, 1.54) is 18.9 Å². The summed E-state index contributed by atoms with van der Waals surface area (Å²) in [5.74, 6) is 1.14. The van der Waals surface area contributed by atoms with Gasteiger partial charge in [-0.05, 0) is 49.1 Å². The molecule has 0 heterocycles. The molecule has 1 saturated carbocycles. The first-order valence-corrected chi connectivity index (χ1v) is 8.01. The van der Waals surface area contributed by atoms with Crippen LogP contribution in [0.15, 0.2) is 18.2 Å². The van der Waals surface area contributed by atoms with E-state index in [-0.39, 0.29) is 16.4 Å². The molecule has 1 aromatic rings. The molecule has 2 N–H and O–H groups in total. The van der Waals surface area contributed by atoms with Crippen LogP contribution in [0.2, 0.25) is 5.02 Å². The van der Waals surface area contributed by atoms with E-state index < -0.39 is 0 Å². The molecule has 0 radical (unpaired) electrons. The van der Waals surface area contributed by atoms with Crippen molar-refractivity contribution in [1.82, 2.24) is 0 Å². The number of benzene rings is 1. The van der Waals surface area contributed by atoms with Gasteiger partial charge in [-0.25, -0.2) is 4.39 Å². The lowest BCUT2D eigenvalue weighted by Crippen LogP contribution is -2.41. The summed E-state index contributed by atoms with van der Waals surface area (Å²) in [6.07, 6.45) is 6.26. The summed E-state index contributed by atoms with van der Waals surface area (Å²) in [5.41, 5.74) is 7.20. The van der Waals surface area contributed by atoms with Crippen LogP contribution < -0.4 is 5.73 Å². The van der Waals surface area contributed by atoms with Gasteiger partial charge in [-0.2, -0.15) is 0 Å². The zero-order valence-corrected chi connectivity index (χ0v) is 13.2. The zero-order chi connectivity index (χ0) is 14.8. The van der Waals surface area contributed by atoms with Gasteiger partial charge >= 0.3 is 0 Å². The second-order valence-electron chi connectivity index (χ2n) is 6.69. The SMILES string of the molecule is CC(C)C1CCCC(N)(Cc2cccc(F)c2Cl)CC1. The summed E-state index contributed by atoms with van der Waals surface area (Å²) in [7, 11) is 0. The third kappa shape index (κ3) is 3.73. The van der Waals surface area contributed by atoms with Crippen molar-refractivity contribution in [3.05, 3.63) is 34.6 Å². The lowest BCUT2D eigenvalue weighted by atomic mass is 9.83. The third-order valence-electron chi connectivity index (χ3n) is 4.78. The lowest BCUT2D eigenvalue weighted by molar-refractivity contribution is 0.321. The Morgan fingerprint density at radius 2 is 2.10 bits per heavy atom. The molecule has 0 bridgehead atoms. The van der Waals surface area contributed by atoms with Gasteiger partial charge < -0.3 is 5.73 Å². The van der Waals surface area contributed by atoms with E-state index in [2.05, 4.69) is 13.8 Å². The highest BCUT2D eigenvalue weighted by Gasteiger charge is 2.31. The van der Waals surface area contributed by atoms with Crippen LogP contribution in [0, 0.1) is 17.7 Å². The van der Waals surface area contributed by atoms with E-state index in [0.29, 0.717) is 6.42 Å². The van der Waals surface area contributed by atoms with Crippen LogP contribution in [-0.4, -0.2) is 5.54 Å². The Hall–Kier alpha value is -0.600. The van der Waals surface area contributed by atoms with Gasteiger partial charge in [0.2, 0.25) is 0 Å². The van der Waals surface area contributed by atoms with Crippen LogP contribution in [0.25, 0.3) is 0 Å². The Balaban J connectivity index is 2.09. The van der Waals surface area contributed by atoms with E-state index in [1.807, 2.05) is 6.07 Å². The van der Waals surface area contributed by atoms with Gasteiger partial charge in [0.05, 0.1) is 5.02 Å². The molecule has 3 heteroatoms. The van der Waals surface area contributed by atoms with Crippen LogP contribution in [0.1, 0.15) is 51.5 Å². The molecule has 0 aliphatic heterocycles. The third-order valence-corrected chi connectivity index (χ3v) is 5.20. The second kappa shape index (κ2) is 6.44. The van der Waals surface area contributed by atoms with E-state index >= 15 is 0 Å². The minimum Gasteiger partial charge on any atom is -0.325 e. The fourth-order valence-electron chi connectivity index (χ4n) is 3.37. The molecule has 2 atom stereocenters. The first kappa shape index (κ1) is 15.8. The Labute approximate surface area is 126 Å². The number of hydrogen-bond donors (Lipinski definition) is 1. The van der Waals surface area contributed by atoms with Gasteiger partial charge in [0.25, 0.3) is 0 Å². The summed E-state index contributed by atoms with van der Waals surface area (Å²) in [4.78, 5) is 0.